The molecular formula is C17H28O4. The quantitative estimate of drug-likeness (QED) is 0.619. The summed E-state index contributed by atoms with van der Waals surface area (Å²) in [6.45, 7) is 7.64. The van der Waals surface area contributed by atoms with Gasteiger partial charge in [-0.2, -0.15) is 0 Å². The van der Waals surface area contributed by atoms with Crippen LogP contribution in [0.2, 0.25) is 0 Å². The van der Waals surface area contributed by atoms with E-state index in [0.29, 0.717) is 6.42 Å². The fourth-order valence-corrected chi connectivity index (χ4v) is 4.13. The van der Waals surface area contributed by atoms with Gasteiger partial charge in [0.15, 0.2) is 0 Å². The van der Waals surface area contributed by atoms with Crippen molar-refractivity contribution < 1.29 is 19.7 Å². The molecule has 0 heterocycles. The van der Waals surface area contributed by atoms with Gasteiger partial charge in [0, 0.05) is 25.9 Å². The molecule has 2 aliphatic carbocycles. The fourth-order valence-electron chi connectivity index (χ4n) is 4.13. The molecule has 2 rings (SSSR count). The number of hydrogen-bond acceptors (Lipinski definition) is 4. The minimum Gasteiger partial charge on any atom is -0.458 e. The van der Waals surface area contributed by atoms with Crippen molar-refractivity contribution in [1.29, 1.82) is 0 Å². The maximum Gasteiger partial charge on any atom is 0.303 e. The lowest BCUT2D eigenvalue weighted by molar-refractivity contribution is -0.159. The van der Waals surface area contributed by atoms with Crippen LogP contribution in [0.1, 0.15) is 47.0 Å². The number of ether oxygens (including phenoxy) is 1. The molecule has 0 aliphatic heterocycles. The van der Waals surface area contributed by atoms with Crippen molar-refractivity contribution in [3.05, 3.63) is 11.6 Å². The zero-order valence-electron chi connectivity index (χ0n) is 13.5. The Morgan fingerprint density at radius 1 is 1.52 bits per heavy atom. The normalized spacial score (nSPS) is 41.0. The first-order chi connectivity index (χ1) is 9.79. The third kappa shape index (κ3) is 3.02. The molecular weight excluding hydrogens is 268 g/mol. The minimum absolute atomic E-state index is 0.0372. The van der Waals surface area contributed by atoms with Gasteiger partial charge in [-0.15, -0.1) is 0 Å². The van der Waals surface area contributed by atoms with Crippen molar-refractivity contribution in [1.82, 2.24) is 0 Å². The van der Waals surface area contributed by atoms with Gasteiger partial charge in [-0.25, -0.2) is 0 Å². The zero-order chi connectivity index (χ0) is 15.8. The van der Waals surface area contributed by atoms with Gasteiger partial charge >= 0.3 is 5.97 Å². The highest BCUT2D eigenvalue weighted by molar-refractivity contribution is 5.66. The lowest BCUT2D eigenvalue weighted by atomic mass is 9.57. The zero-order valence-corrected chi connectivity index (χ0v) is 13.5. The molecule has 0 bridgehead atoms. The van der Waals surface area contributed by atoms with Crippen LogP contribution in [0.5, 0.6) is 0 Å². The smallest absolute Gasteiger partial charge is 0.303 e. The lowest BCUT2D eigenvalue weighted by Crippen LogP contribution is -2.55. The lowest BCUT2D eigenvalue weighted by Gasteiger charge is -2.52. The van der Waals surface area contributed by atoms with Crippen molar-refractivity contribution in [3.63, 3.8) is 0 Å². The number of aliphatic hydroxyl groups is 2. The van der Waals surface area contributed by atoms with E-state index in [2.05, 4.69) is 13.0 Å². The van der Waals surface area contributed by atoms with Gasteiger partial charge in [0.25, 0.3) is 0 Å². The van der Waals surface area contributed by atoms with Gasteiger partial charge in [-0.05, 0) is 43.1 Å². The number of carbonyl (C=O) groups is 1. The third-order valence-electron chi connectivity index (χ3n) is 5.61. The summed E-state index contributed by atoms with van der Waals surface area (Å²) in [5.74, 6) is 0.355. The van der Waals surface area contributed by atoms with Crippen LogP contribution in [0, 0.1) is 23.7 Å². The number of rotatable bonds is 3. The Labute approximate surface area is 127 Å². The van der Waals surface area contributed by atoms with Crippen molar-refractivity contribution in [2.45, 2.75) is 58.7 Å². The standard InChI is InChI=1S/C17H28O4/c1-10-7-15-14(11(2)9-18)6-5-12(3)17(15,20)8-16(10)21-13(4)19/h7,11-12,14-16,18,20H,5-6,8-9H2,1-4H3/t11?,12-,14+,15-,16-,17-/m1/s1. The van der Waals surface area contributed by atoms with Gasteiger partial charge < -0.3 is 14.9 Å². The first-order valence-electron chi connectivity index (χ1n) is 7.98. The summed E-state index contributed by atoms with van der Waals surface area (Å²) in [5, 5.41) is 20.8. The summed E-state index contributed by atoms with van der Waals surface area (Å²) >= 11 is 0. The summed E-state index contributed by atoms with van der Waals surface area (Å²) in [6, 6.07) is 0. The summed E-state index contributed by atoms with van der Waals surface area (Å²) in [4.78, 5) is 11.3. The van der Waals surface area contributed by atoms with Crippen LogP contribution in [0.3, 0.4) is 0 Å². The Morgan fingerprint density at radius 2 is 2.19 bits per heavy atom. The highest BCUT2D eigenvalue weighted by Gasteiger charge is 2.52. The molecule has 1 unspecified atom stereocenters. The molecule has 0 radical (unpaired) electrons. The monoisotopic (exact) mass is 296 g/mol. The van der Waals surface area contributed by atoms with Gasteiger partial charge in [0.2, 0.25) is 0 Å². The first-order valence-corrected chi connectivity index (χ1v) is 7.98. The number of carbonyl (C=O) groups excluding carboxylic acids is 1. The van der Waals surface area contributed by atoms with Crippen LogP contribution >= 0.6 is 0 Å². The molecule has 6 atom stereocenters. The summed E-state index contributed by atoms with van der Waals surface area (Å²) in [6.07, 6.45) is 4.20. The van der Waals surface area contributed by atoms with Crippen LogP contribution in [0.4, 0.5) is 0 Å². The van der Waals surface area contributed by atoms with Crippen LogP contribution in [-0.2, 0) is 9.53 Å². The minimum atomic E-state index is -0.841. The predicted molar refractivity (Wildman–Crippen MR) is 80.5 cm³/mol. The number of aliphatic hydroxyl groups excluding tert-OH is 1. The van der Waals surface area contributed by atoms with Crippen molar-refractivity contribution in [3.8, 4) is 0 Å². The van der Waals surface area contributed by atoms with E-state index in [1.807, 2.05) is 13.8 Å². The molecule has 1 saturated carbocycles. The molecule has 0 aromatic heterocycles. The van der Waals surface area contributed by atoms with E-state index in [-0.39, 0.29) is 42.4 Å². The van der Waals surface area contributed by atoms with E-state index in [9.17, 15) is 15.0 Å². The maximum atomic E-state index is 11.3. The van der Waals surface area contributed by atoms with Crippen molar-refractivity contribution >= 4 is 5.97 Å². The molecule has 2 N–H and O–H groups in total. The summed E-state index contributed by atoms with van der Waals surface area (Å²) in [7, 11) is 0. The largest absolute Gasteiger partial charge is 0.458 e. The van der Waals surface area contributed by atoms with E-state index in [1.54, 1.807) is 0 Å². The Balaban J connectivity index is 2.33. The average molecular weight is 296 g/mol. The topological polar surface area (TPSA) is 66.8 Å². The van der Waals surface area contributed by atoms with Crippen molar-refractivity contribution in [2.75, 3.05) is 6.61 Å². The maximum absolute atomic E-state index is 11.3. The SMILES string of the molecule is CC(=O)O[C@@H]1C[C@@]2(O)[C@H](C)CC[C@@H](C(C)CO)[C@H]2C=C1C. The highest BCUT2D eigenvalue weighted by atomic mass is 16.5. The molecule has 0 saturated heterocycles. The molecule has 21 heavy (non-hydrogen) atoms. The summed E-state index contributed by atoms with van der Waals surface area (Å²) < 4.78 is 5.37. The first kappa shape index (κ1) is 16.5. The van der Waals surface area contributed by atoms with E-state index in [1.165, 1.54) is 6.92 Å². The Kier molecular flexibility index (Phi) is 4.79. The molecule has 0 aromatic rings. The Hall–Kier alpha value is -0.870. The van der Waals surface area contributed by atoms with Crippen molar-refractivity contribution in [2.24, 2.45) is 23.7 Å². The van der Waals surface area contributed by atoms with Crippen LogP contribution in [0.15, 0.2) is 11.6 Å². The van der Waals surface area contributed by atoms with Gasteiger partial charge in [-0.3, -0.25) is 4.79 Å². The second-order valence-electron chi connectivity index (χ2n) is 7.03. The van der Waals surface area contributed by atoms with Crippen LogP contribution in [-0.4, -0.2) is 34.5 Å². The van der Waals surface area contributed by atoms with E-state index in [0.717, 1.165) is 18.4 Å². The van der Waals surface area contributed by atoms with E-state index in [4.69, 9.17) is 4.74 Å². The third-order valence-corrected chi connectivity index (χ3v) is 5.61. The molecule has 120 valence electrons. The molecule has 0 spiro atoms. The molecule has 1 fully saturated rings. The molecule has 4 nitrogen and oxygen atoms in total. The molecule has 0 amide bonds. The highest BCUT2D eigenvalue weighted by Crippen LogP contribution is 2.51. The second kappa shape index (κ2) is 6.09. The number of fused-ring (bicyclic) bond motifs is 1. The van der Waals surface area contributed by atoms with Gasteiger partial charge in [0.1, 0.15) is 6.10 Å². The van der Waals surface area contributed by atoms with Gasteiger partial charge in [0.05, 0.1) is 5.60 Å². The molecule has 0 aromatic carbocycles. The Bertz CT molecular complexity index is 431. The number of esters is 1. The van der Waals surface area contributed by atoms with Gasteiger partial charge in [-0.1, -0.05) is 19.9 Å². The van der Waals surface area contributed by atoms with Crippen LogP contribution in [0.25, 0.3) is 0 Å². The Morgan fingerprint density at radius 3 is 2.76 bits per heavy atom. The summed E-state index contributed by atoms with van der Waals surface area (Å²) in [5.41, 5.74) is 0.176. The molecule has 2 aliphatic rings. The predicted octanol–water partition coefficient (Wildman–Crippen LogP) is 2.29. The second-order valence-corrected chi connectivity index (χ2v) is 7.03. The number of hydrogen-bond donors (Lipinski definition) is 2. The van der Waals surface area contributed by atoms with Crippen LogP contribution < -0.4 is 0 Å². The average Bonchev–Trinajstić information content (AvgIpc) is 2.41. The fraction of sp³-hybridized carbons (Fsp3) is 0.824. The van der Waals surface area contributed by atoms with E-state index >= 15 is 0 Å². The molecule has 4 heteroatoms. The van der Waals surface area contributed by atoms with E-state index < -0.39 is 5.60 Å².